The van der Waals surface area contributed by atoms with Crippen LogP contribution in [0.2, 0.25) is 0 Å². The van der Waals surface area contributed by atoms with Crippen molar-refractivity contribution in [1.29, 1.82) is 0 Å². The van der Waals surface area contributed by atoms with Crippen LogP contribution in [0.1, 0.15) is 12.5 Å². The number of hydrogen-bond acceptors (Lipinski definition) is 8. The molecule has 0 atom stereocenters. The number of methoxy groups -OCH3 is 1. The van der Waals surface area contributed by atoms with E-state index in [1.807, 2.05) is 0 Å². The van der Waals surface area contributed by atoms with Crippen LogP contribution in [0.5, 0.6) is 11.5 Å². The first-order valence-corrected chi connectivity index (χ1v) is 11.7. The van der Waals surface area contributed by atoms with Crippen molar-refractivity contribution in [2.24, 2.45) is 0 Å². The van der Waals surface area contributed by atoms with Crippen molar-refractivity contribution in [3.05, 3.63) is 57.4 Å². The highest BCUT2D eigenvalue weighted by Gasteiger charge is 2.36. The van der Waals surface area contributed by atoms with E-state index in [0.29, 0.717) is 27.2 Å². The molecule has 0 aromatic heterocycles. The maximum atomic E-state index is 12.7. The van der Waals surface area contributed by atoms with Gasteiger partial charge in [0.2, 0.25) is 5.91 Å². The number of halogens is 1. The van der Waals surface area contributed by atoms with E-state index in [4.69, 9.17) is 14.2 Å². The molecule has 34 heavy (non-hydrogen) atoms. The minimum Gasteiger partial charge on any atom is -0.497 e. The van der Waals surface area contributed by atoms with Crippen molar-refractivity contribution < 1.29 is 33.4 Å². The van der Waals surface area contributed by atoms with E-state index in [1.165, 1.54) is 7.11 Å². The van der Waals surface area contributed by atoms with E-state index < -0.39 is 29.6 Å². The molecule has 1 aliphatic heterocycles. The number of imide groups is 1. The quantitative estimate of drug-likeness (QED) is 0.368. The first kappa shape index (κ1) is 25.3. The van der Waals surface area contributed by atoms with Crippen LogP contribution in [-0.4, -0.2) is 54.8 Å². The average Bonchev–Trinajstić information content (AvgIpc) is 3.06. The van der Waals surface area contributed by atoms with E-state index in [-0.39, 0.29) is 18.1 Å². The number of ether oxygens (including phenoxy) is 3. The van der Waals surface area contributed by atoms with Gasteiger partial charge in [-0.25, -0.2) is 4.79 Å². The Bertz CT molecular complexity index is 1130. The van der Waals surface area contributed by atoms with Gasteiger partial charge in [0.15, 0.2) is 6.61 Å². The molecule has 0 radical (unpaired) electrons. The number of esters is 1. The summed E-state index contributed by atoms with van der Waals surface area (Å²) in [7, 11) is 1.54. The van der Waals surface area contributed by atoms with Crippen LogP contribution in [0.15, 0.2) is 51.8 Å². The summed E-state index contributed by atoms with van der Waals surface area (Å²) in [6.07, 6.45) is 1.55. The predicted molar refractivity (Wildman–Crippen MR) is 131 cm³/mol. The van der Waals surface area contributed by atoms with Gasteiger partial charge in [-0.05, 0) is 82.7 Å². The SMILES string of the molecule is CCOC(=O)COc1ccc(/C=C2/SC(=O)N(CC(=O)Nc3ccc(OC)cc3)C2=O)cc1Br. The molecule has 1 heterocycles. The number of benzene rings is 2. The minimum atomic E-state index is -0.557. The third-order valence-corrected chi connectivity index (χ3v) is 5.98. The van der Waals surface area contributed by atoms with Gasteiger partial charge in [-0.1, -0.05) is 6.07 Å². The lowest BCUT2D eigenvalue weighted by molar-refractivity contribution is -0.145. The Labute approximate surface area is 208 Å². The second-order valence-corrected chi connectivity index (χ2v) is 8.68. The molecule has 0 aliphatic carbocycles. The smallest absolute Gasteiger partial charge is 0.344 e. The lowest BCUT2D eigenvalue weighted by Gasteiger charge is -2.12. The number of nitrogens with one attached hydrogen (secondary N) is 1. The molecule has 1 aliphatic rings. The van der Waals surface area contributed by atoms with Gasteiger partial charge in [0, 0.05) is 5.69 Å². The first-order valence-electron chi connectivity index (χ1n) is 10.1. The lowest BCUT2D eigenvalue weighted by atomic mass is 10.2. The number of anilines is 1. The Balaban J connectivity index is 1.62. The summed E-state index contributed by atoms with van der Waals surface area (Å²) in [4.78, 5) is 49.9. The molecule has 1 fully saturated rings. The van der Waals surface area contributed by atoms with E-state index in [1.54, 1.807) is 55.5 Å². The van der Waals surface area contributed by atoms with Gasteiger partial charge in [-0.3, -0.25) is 19.3 Å². The van der Waals surface area contributed by atoms with Crippen molar-refractivity contribution >= 4 is 62.5 Å². The minimum absolute atomic E-state index is 0.189. The molecular weight excluding hydrogens is 528 g/mol. The number of nitrogens with zero attached hydrogens (tertiary/aromatic N) is 1. The Kier molecular flexibility index (Phi) is 8.72. The van der Waals surface area contributed by atoms with Gasteiger partial charge < -0.3 is 19.5 Å². The highest BCUT2D eigenvalue weighted by Crippen LogP contribution is 2.34. The van der Waals surface area contributed by atoms with Crippen molar-refractivity contribution in [3.63, 3.8) is 0 Å². The Morgan fingerprint density at radius 2 is 1.88 bits per heavy atom. The summed E-state index contributed by atoms with van der Waals surface area (Å²) in [6.45, 7) is 1.33. The van der Waals surface area contributed by atoms with E-state index >= 15 is 0 Å². The largest absolute Gasteiger partial charge is 0.497 e. The van der Waals surface area contributed by atoms with E-state index in [0.717, 1.165) is 16.7 Å². The molecule has 2 aromatic carbocycles. The van der Waals surface area contributed by atoms with Gasteiger partial charge in [-0.15, -0.1) is 0 Å². The van der Waals surface area contributed by atoms with Crippen molar-refractivity contribution in [1.82, 2.24) is 4.90 Å². The number of carbonyl (C=O) groups is 4. The molecule has 3 rings (SSSR count). The number of rotatable bonds is 9. The highest BCUT2D eigenvalue weighted by molar-refractivity contribution is 9.10. The zero-order valence-corrected chi connectivity index (χ0v) is 20.7. The summed E-state index contributed by atoms with van der Waals surface area (Å²) >= 11 is 4.12. The number of thioether (sulfide) groups is 1. The molecule has 0 unspecified atom stereocenters. The number of hydrogen-bond donors (Lipinski definition) is 1. The number of amides is 3. The van der Waals surface area contributed by atoms with Crippen LogP contribution in [0, 0.1) is 0 Å². The van der Waals surface area contributed by atoms with Gasteiger partial charge in [0.05, 0.1) is 23.1 Å². The molecule has 0 bridgehead atoms. The highest BCUT2D eigenvalue weighted by atomic mass is 79.9. The molecule has 11 heteroatoms. The van der Waals surface area contributed by atoms with Gasteiger partial charge in [0.1, 0.15) is 18.0 Å². The maximum Gasteiger partial charge on any atom is 0.344 e. The second-order valence-electron chi connectivity index (χ2n) is 6.83. The van der Waals surface area contributed by atoms with Crippen LogP contribution in [0.4, 0.5) is 10.5 Å². The number of carbonyl (C=O) groups excluding carboxylic acids is 4. The summed E-state index contributed by atoms with van der Waals surface area (Å²) < 4.78 is 15.9. The van der Waals surface area contributed by atoms with Gasteiger partial charge in [0.25, 0.3) is 11.1 Å². The van der Waals surface area contributed by atoms with Crippen LogP contribution in [-0.2, 0) is 19.1 Å². The molecule has 1 saturated heterocycles. The molecule has 2 aromatic rings. The lowest BCUT2D eigenvalue weighted by Crippen LogP contribution is -2.36. The third kappa shape index (κ3) is 6.61. The van der Waals surface area contributed by atoms with Crippen molar-refractivity contribution in [2.45, 2.75) is 6.92 Å². The Hall–Kier alpha value is -3.31. The fourth-order valence-corrected chi connectivity index (χ4v) is 4.22. The standard InChI is InChI=1S/C23H21BrN2O7S/c1-3-32-21(28)13-33-18-9-4-14(10-17(18)24)11-19-22(29)26(23(30)34-19)12-20(27)25-15-5-7-16(31-2)8-6-15/h4-11H,3,12-13H2,1-2H3,(H,25,27)/b19-11+. The maximum absolute atomic E-state index is 12.7. The topological polar surface area (TPSA) is 111 Å². The second kappa shape index (κ2) is 11.7. The molecule has 0 spiro atoms. The molecule has 0 saturated carbocycles. The molecule has 9 nitrogen and oxygen atoms in total. The summed E-state index contributed by atoms with van der Waals surface area (Å²) in [5.41, 5.74) is 1.15. The molecule has 1 N–H and O–H groups in total. The molecule has 3 amide bonds. The normalized spacial score (nSPS) is 14.3. The van der Waals surface area contributed by atoms with Gasteiger partial charge in [-0.2, -0.15) is 0 Å². The summed E-state index contributed by atoms with van der Waals surface area (Å²) in [5.74, 6) is -0.478. The van der Waals surface area contributed by atoms with E-state index in [9.17, 15) is 19.2 Å². The summed E-state index contributed by atoms with van der Waals surface area (Å²) in [6, 6.07) is 11.7. The van der Waals surface area contributed by atoms with Gasteiger partial charge >= 0.3 is 5.97 Å². The van der Waals surface area contributed by atoms with Crippen molar-refractivity contribution in [3.8, 4) is 11.5 Å². The zero-order chi connectivity index (χ0) is 24.7. The average molecular weight is 549 g/mol. The first-order chi connectivity index (χ1) is 16.3. The fourth-order valence-electron chi connectivity index (χ4n) is 2.87. The van der Waals surface area contributed by atoms with Crippen molar-refractivity contribution in [2.75, 3.05) is 32.2 Å². The summed E-state index contributed by atoms with van der Waals surface area (Å²) in [5, 5.41) is 2.11. The van der Waals surface area contributed by atoms with Crippen LogP contribution in [0.25, 0.3) is 6.08 Å². The Morgan fingerprint density at radius 1 is 1.15 bits per heavy atom. The third-order valence-electron chi connectivity index (χ3n) is 4.45. The van der Waals surface area contributed by atoms with Crippen LogP contribution in [0.3, 0.4) is 0 Å². The fraction of sp³-hybridized carbons (Fsp3) is 0.217. The van der Waals surface area contributed by atoms with E-state index in [2.05, 4.69) is 21.2 Å². The predicted octanol–water partition coefficient (Wildman–Crippen LogP) is 4.07. The van der Waals surface area contributed by atoms with Crippen LogP contribution >= 0.6 is 27.7 Å². The molecule has 178 valence electrons. The Morgan fingerprint density at radius 3 is 2.53 bits per heavy atom. The zero-order valence-electron chi connectivity index (χ0n) is 18.3. The monoisotopic (exact) mass is 548 g/mol. The molecular formula is C23H21BrN2O7S. The van der Waals surface area contributed by atoms with Crippen LogP contribution < -0.4 is 14.8 Å².